The van der Waals surface area contributed by atoms with Crippen LogP contribution in [0.5, 0.6) is 0 Å². The van der Waals surface area contributed by atoms with Gasteiger partial charge in [-0.3, -0.25) is 14.9 Å². The van der Waals surface area contributed by atoms with Gasteiger partial charge < -0.3 is 14.8 Å². The Morgan fingerprint density at radius 1 is 1.45 bits per heavy atom. The van der Waals surface area contributed by atoms with Gasteiger partial charge in [0.25, 0.3) is 5.91 Å². The number of carbonyl (C=O) groups is 4. The Morgan fingerprint density at radius 3 is 2.70 bits per heavy atom. The van der Waals surface area contributed by atoms with Gasteiger partial charge in [0.05, 0.1) is 13.0 Å². The first-order valence-electron chi connectivity index (χ1n) is 6.41. The van der Waals surface area contributed by atoms with Crippen LogP contribution in [0.3, 0.4) is 0 Å². The first-order chi connectivity index (χ1) is 9.43. The number of imide groups is 1. The summed E-state index contributed by atoms with van der Waals surface area (Å²) in [5.74, 6) is -1.94. The van der Waals surface area contributed by atoms with Gasteiger partial charge in [-0.05, 0) is 13.3 Å². The van der Waals surface area contributed by atoms with Gasteiger partial charge >= 0.3 is 12.1 Å². The van der Waals surface area contributed by atoms with Gasteiger partial charge in [0, 0.05) is 0 Å². The summed E-state index contributed by atoms with van der Waals surface area (Å²) in [6, 6.07) is -0.965. The van der Waals surface area contributed by atoms with Crippen molar-refractivity contribution < 1.29 is 28.7 Å². The average molecular weight is 286 g/mol. The van der Waals surface area contributed by atoms with Gasteiger partial charge in [0.15, 0.2) is 6.10 Å². The maximum Gasteiger partial charge on any atom is 0.407 e. The molecule has 8 heteroatoms. The summed E-state index contributed by atoms with van der Waals surface area (Å²) in [5.41, 5.74) is 0. The van der Waals surface area contributed by atoms with E-state index in [0.717, 1.165) is 12.8 Å². The van der Waals surface area contributed by atoms with E-state index in [1.54, 1.807) is 0 Å². The van der Waals surface area contributed by atoms with Crippen LogP contribution in [0, 0.1) is 0 Å². The summed E-state index contributed by atoms with van der Waals surface area (Å²) >= 11 is 0. The monoisotopic (exact) mass is 286 g/mol. The van der Waals surface area contributed by atoms with Crippen molar-refractivity contribution in [2.24, 2.45) is 0 Å². The number of hydrogen-bond acceptors (Lipinski definition) is 6. The van der Waals surface area contributed by atoms with Gasteiger partial charge in [-0.25, -0.2) is 9.59 Å². The zero-order chi connectivity index (χ0) is 15.1. The minimum atomic E-state index is -1.13. The summed E-state index contributed by atoms with van der Waals surface area (Å²) in [7, 11) is 0. The highest BCUT2D eigenvalue weighted by atomic mass is 16.6. The van der Waals surface area contributed by atoms with Gasteiger partial charge in [0.1, 0.15) is 6.04 Å². The zero-order valence-electron chi connectivity index (χ0n) is 11.4. The molecule has 112 valence electrons. The molecule has 2 atom stereocenters. The molecule has 0 aliphatic carbocycles. The van der Waals surface area contributed by atoms with Crippen LogP contribution in [0.25, 0.3) is 0 Å². The molecular formula is C12H18N2O6. The minimum Gasteiger partial charge on any atom is -0.450 e. The van der Waals surface area contributed by atoms with Crippen molar-refractivity contribution in [3.63, 3.8) is 0 Å². The molecule has 0 aromatic carbocycles. The average Bonchev–Trinajstić information content (AvgIpc) is 2.68. The van der Waals surface area contributed by atoms with Crippen LogP contribution >= 0.6 is 0 Å². The SMILES string of the molecule is CCCCOC(=O)N[C@@H](C)C(=O)OC1CC(=O)NC1=O. The topological polar surface area (TPSA) is 111 Å². The Morgan fingerprint density at radius 2 is 2.15 bits per heavy atom. The Kier molecular flexibility index (Phi) is 5.95. The van der Waals surface area contributed by atoms with Crippen LogP contribution < -0.4 is 10.6 Å². The second-order valence-corrected chi connectivity index (χ2v) is 4.40. The molecular weight excluding hydrogens is 268 g/mol. The van der Waals surface area contributed by atoms with Crippen LogP contribution in [0.1, 0.15) is 33.1 Å². The van der Waals surface area contributed by atoms with Crippen molar-refractivity contribution in [3.8, 4) is 0 Å². The first-order valence-corrected chi connectivity index (χ1v) is 6.41. The summed E-state index contributed by atoms with van der Waals surface area (Å²) in [6.07, 6.45) is -0.435. The van der Waals surface area contributed by atoms with Crippen molar-refractivity contribution in [1.82, 2.24) is 10.6 Å². The van der Waals surface area contributed by atoms with Crippen molar-refractivity contribution in [3.05, 3.63) is 0 Å². The third-order valence-electron chi connectivity index (χ3n) is 2.60. The number of rotatable bonds is 6. The van der Waals surface area contributed by atoms with Gasteiger partial charge in [-0.2, -0.15) is 0 Å². The van der Waals surface area contributed by atoms with E-state index in [1.807, 2.05) is 12.2 Å². The smallest absolute Gasteiger partial charge is 0.407 e. The highest BCUT2D eigenvalue weighted by Crippen LogP contribution is 2.07. The molecule has 1 unspecified atom stereocenters. The molecule has 1 fully saturated rings. The van der Waals surface area contributed by atoms with Gasteiger partial charge in [-0.15, -0.1) is 0 Å². The maximum absolute atomic E-state index is 11.6. The number of alkyl carbamates (subject to hydrolysis) is 1. The third-order valence-corrected chi connectivity index (χ3v) is 2.60. The fraction of sp³-hybridized carbons (Fsp3) is 0.667. The molecule has 1 saturated heterocycles. The Hall–Kier alpha value is -2.12. The molecule has 1 rings (SSSR count). The lowest BCUT2D eigenvalue weighted by atomic mass is 10.3. The summed E-state index contributed by atoms with van der Waals surface area (Å²) in [6.45, 7) is 3.62. The van der Waals surface area contributed by atoms with Crippen molar-refractivity contribution >= 4 is 23.9 Å². The molecule has 1 heterocycles. The third kappa shape index (κ3) is 4.87. The Bertz CT molecular complexity index is 409. The lowest BCUT2D eigenvalue weighted by Crippen LogP contribution is -2.42. The predicted molar refractivity (Wildman–Crippen MR) is 66.5 cm³/mol. The number of carbonyl (C=O) groups excluding carboxylic acids is 4. The van der Waals surface area contributed by atoms with Crippen LogP contribution in [0.4, 0.5) is 4.79 Å². The molecule has 0 bridgehead atoms. The number of ether oxygens (including phenoxy) is 2. The van der Waals surface area contributed by atoms with Crippen LogP contribution in [-0.2, 0) is 23.9 Å². The number of hydrogen-bond donors (Lipinski definition) is 2. The molecule has 0 aromatic rings. The van der Waals surface area contributed by atoms with Gasteiger partial charge in [0.2, 0.25) is 5.91 Å². The van der Waals surface area contributed by atoms with E-state index < -0.39 is 36.0 Å². The molecule has 3 amide bonds. The maximum atomic E-state index is 11.6. The van der Waals surface area contributed by atoms with Crippen LogP contribution in [0.15, 0.2) is 0 Å². The number of unbranched alkanes of at least 4 members (excludes halogenated alkanes) is 1. The molecule has 0 radical (unpaired) electrons. The molecule has 20 heavy (non-hydrogen) atoms. The fourth-order valence-corrected chi connectivity index (χ4v) is 1.45. The molecule has 0 aromatic heterocycles. The highest BCUT2D eigenvalue weighted by Gasteiger charge is 2.35. The minimum absolute atomic E-state index is 0.196. The summed E-state index contributed by atoms with van der Waals surface area (Å²) in [5, 5.41) is 4.31. The number of esters is 1. The second kappa shape index (κ2) is 7.46. The normalized spacial score (nSPS) is 19.2. The van der Waals surface area contributed by atoms with E-state index in [9.17, 15) is 19.2 Å². The van der Waals surface area contributed by atoms with Gasteiger partial charge in [-0.1, -0.05) is 13.3 Å². The first kappa shape index (κ1) is 15.9. The van der Waals surface area contributed by atoms with E-state index in [0.29, 0.717) is 0 Å². The summed E-state index contributed by atoms with van der Waals surface area (Å²) < 4.78 is 9.66. The predicted octanol–water partition coefficient (Wildman–Crippen LogP) is -0.140. The summed E-state index contributed by atoms with van der Waals surface area (Å²) in [4.78, 5) is 45.1. The lowest BCUT2D eigenvalue weighted by molar-refractivity contribution is -0.155. The van der Waals surface area contributed by atoms with Crippen molar-refractivity contribution in [2.45, 2.75) is 45.3 Å². The molecule has 8 nitrogen and oxygen atoms in total. The van der Waals surface area contributed by atoms with Crippen LogP contribution in [-0.4, -0.2) is 42.6 Å². The molecule has 1 aliphatic rings. The van der Waals surface area contributed by atoms with Crippen molar-refractivity contribution in [2.75, 3.05) is 6.61 Å². The standard InChI is InChI=1S/C12H18N2O6/c1-3-4-5-19-12(18)13-7(2)11(17)20-8-6-9(15)14-10(8)16/h7-8H,3-6H2,1-2H3,(H,13,18)(H,14,15,16)/t7-,8?/m0/s1. The highest BCUT2D eigenvalue weighted by molar-refractivity contribution is 6.05. The number of amides is 3. The zero-order valence-corrected chi connectivity index (χ0v) is 11.4. The fourth-order valence-electron chi connectivity index (χ4n) is 1.45. The molecule has 0 saturated carbocycles. The van der Waals surface area contributed by atoms with Crippen LogP contribution in [0.2, 0.25) is 0 Å². The lowest BCUT2D eigenvalue weighted by Gasteiger charge is -2.15. The Balaban J connectivity index is 2.33. The van der Waals surface area contributed by atoms with E-state index in [-0.39, 0.29) is 13.0 Å². The molecule has 2 N–H and O–H groups in total. The van der Waals surface area contributed by atoms with E-state index in [4.69, 9.17) is 9.47 Å². The largest absolute Gasteiger partial charge is 0.450 e. The van der Waals surface area contributed by atoms with E-state index in [2.05, 4.69) is 5.32 Å². The molecule has 0 spiro atoms. The second-order valence-electron chi connectivity index (χ2n) is 4.40. The number of nitrogens with one attached hydrogen (secondary N) is 2. The Labute approximate surface area is 116 Å². The van der Waals surface area contributed by atoms with E-state index in [1.165, 1.54) is 6.92 Å². The quantitative estimate of drug-likeness (QED) is 0.399. The molecule has 1 aliphatic heterocycles. The van der Waals surface area contributed by atoms with Crippen molar-refractivity contribution in [1.29, 1.82) is 0 Å². The van der Waals surface area contributed by atoms with E-state index >= 15 is 0 Å².